The molecule has 1 heterocycles. The van der Waals surface area contributed by atoms with E-state index in [1.54, 1.807) is 14.0 Å². The Hall–Kier alpha value is -1.15. The topological polar surface area (TPSA) is 61.9 Å². The standard InChI is InChI=1S/C15H25N3O3S/c1-3-16-22(19,20)18-11-9-17(10-12-18)8-7-14-5-4-6-15(13-14)21-2/h4-6,13,16H,3,7-12H2,1-2H3. The van der Waals surface area contributed by atoms with Crippen LogP contribution in [0.5, 0.6) is 5.75 Å². The molecule has 22 heavy (non-hydrogen) atoms. The van der Waals surface area contributed by atoms with Crippen LogP contribution in [-0.4, -0.2) is 64.0 Å². The number of benzene rings is 1. The summed E-state index contributed by atoms with van der Waals surface area (Å²) < 4.78 is 33.1. The Morgan fingerprint density at radius 1 is 1.23 bits per heavy atom. The second kappa shape index (κ2) is 7.92. The van der Waals surface area contributed by atoms with Crippen LogP contribution in [-0.2, 0) is 16.6 Å². The fraction of sp³-hybridized carbons (Fsp3) is 0.600. The smallest absolute Gasteiger partial charge is 0.279 e. The minimum Gasteiger partial charge on any atom is -0.497 e. The van der Waals surface area contributed by atoms with Crippen LogP contribution in [0.25, 0.3) is 0 Å². The number of ether oxygens (including phenoxy) is 1. The van der Waals surface area contributed by atoms with Crippen LogP contribution in [0.3, 0.4) is 0 Å². The lowest BCUT2D eigenvalue weighted by molar-refractivity contribution is 0.189. The summed E-state index contributed by atoms with van der Waals surface area (Å²) in [5.74, 6) is 0.874. The van der Waals surface area contributed by atoms with Gasteiger partial charge < -0.3 is 9.64 Å². The first-order chi connectivity index (χ1) is 10.5. The average Bonchev–Trinajstić information content (AvgIpc) is 2.53. The lowest BCUT2D eigenvalue weighted by atomic mass is 10.1. The molecular weight excluding hydrogens is 302 g/mol. The zero-order valence-electron chi connectivity index (χ0n) is 13.3. The summed E-state index contributed by atoms with van der Waals surface area (Å²) in [6, 6.07) is 8.07. The number of nitrogens with one attached hydrogen (secondary N) is 1. The Morgan fingerprint density at radius 2 is 1.95 bits per heavy atom. The second-order valence-corrected chi connectivity index (χ2v) is 7.10. The van der Waals surface area contributed by atoms with Crippen LogP contribution < -0.4 is 9.46 Å². The van der Waals surface area contributed by atoms with E-state index in [-0.39, 0.29) is 0 Å². The van der Waals surface area contributed by atoms with Crippen molar-refractivity contribution in [3.63, 3.8) is 0 Å². The van der Waals surface area contributed by atoms with Crippen LogP contribution in [0, 0.1) is 0 Å². The number of hydrogen-bond acceptors (Lipinski definition) is 4. The number of rotatable bonds is 7. The predicted molar refractivity (Wildman–Crippen MR) is 87.3 cm³/mol. The van der Waals surface area contributed by atoms with Crippen molar-refractivity contribution >= 4 is 10.2 Å². The molecule has 1 fully saturated rings. The van der Waals surface area contributed by atoms with Gasteiger partial charge in [-0.25, -0.2) is 4.72 Å². The summed E-state index contributed by atoms with van der Waals surface area (Å²) in [5, 5.41) is 0. The van der Waals surface area contributed by atoms with Gasteiger partial charge in [-0.3, -0.25) is 0 Å². The zero-order valence-corrected chi connectivity index (χ0v) is 14.1. The van der Waals surface area contributed by atoms with Gasteiger partial charge in [0, 0.05) is 39.3 Å². The summed E-state index contributed by atoms with van der Waals surface area (Å²) in [7, 11) is -1.62. The molecular formula is C15H25N3O3S. The molecule has 0 amide bonds. The fourth-order valence-electron chi connectivity index (χ4n) is 2.58. The van der Waals surface area contributed by atoms with Crippen molar-refractivity contribution in [2.75, 3.05) is 46.4 Å². The minimum absolute atomic E-state index is 0.429. The highest BCUT2D eigenvalue weighted by Gasteiger charge is 2.25. The molecule has 0 bridgehead atoms. The van der Waals surface area contributed by atoms with Crippen molar-refractivity contribution in [1.29, 1.82) is 0 Å². The number of piperazine rings is 1. The van der Waals surface area contributed by atoms with Crippen LogP contribution in [0.15, 0.2) is 24.3 Å². The first-order valence-corrected chi connectivity index (χ1v) is 9.09. The first-order valence-electron chi connectivity index (χ1n) is 7.65. The summed E-state index contributed by atoms with van der Waals surface area (Å²) in [4.78, 5) is 2.30. The Bertz CT molecular complexity index is 569. The van der Waals surface area contributed by atoms with Crippen LogP contribution in [0.2, 0.25) is 0 Å². The van der Waals surface area contributed by atoms with Gasteiger partial charge in [-0.05, 0) is 24.1 Å². The van der Waals surface area contributed by atoms with E-state index in [0.29, 0.717) is 19.6 Å². The Labute approximate surface area is 133 Å². The molecule has 2 rings (SSSR count). The molecule has 0 saturated carbocycles. The van der Waals surface area contributed by atoms with Crippen molar-refractivity contribution in [3.8, 4) is 5.75 Å². The molecule has 0 atom stereocenters. The van der Waals surface area contributed by atoms with Crippen molar-refractivity contribution in [2.24, 2.45) is 0 Å². The van der Waals surface area contributed by atoms with Gasteiger partial charge in [0.05, 0.1) is 7.11 Å². The van der Waals surface area contributed by atoms with E-state index in [4.69, 9.17) is 4.74 Å². The van der Waals surface area contributed by atoms with E-state index < -0.39 is 10.2 Å². The summed E-state index contributed by atoms with van der Waals surface area (Å²) in [6.07, 6.45) is 0.942. The van der Waals surface area contributed by atoms with Gasteiger partial charge in [0.1, 0.15) is 5.75 Å². The predicted octanol–water partition coefficient (Wildman–Crippen LogP) is 0.710. The summed E-state index contributed by atoms with van der Waals surface area (Å²) >= 11 is 0. The summed E-state index contributed by atoms with van der Waals surface area (Å²) in [5.41, 5.74) is 1.24. The minimum atomic E-state index is -3.29. The molecule has 7 heteroatoms. The monoisotopic (exact) mass is 327 g/mol. The van der Waals surface area contributed by atoms with Gasteiger partial charge in [0.2, 0.25) is 0 Å². The molecule has 0 unspecified atom stereocenters. The van der Waals surface area contributed by atoms with Gasteiger partial charge in [-0.1, -0.05) is 19.1 Å². The van der Waals surface area contributed by atoms with E-state index >= 15 is 0 Å². The molecule has 1 aromatic carbocycles. The Balaban J connectivity index is 1.80. The van der Waals surface area contributed by atoms with Gasteiger partial charge in [-0.15, -0.1) is 0 Å². The molecule has 1 saturated heterocycles. The lowest BCUT2D eigenvalue weighted by Gasteiger charge is -2.33. The van der Waals surface area contributed by atoms with Crippen molar-refractivity contribution < 1.29 is 13.2 Å². The molecule has 1 aromatic rings. The molecule has 0 spiro atoms. The van der Waals surface area contributed by atoms with Gasteiger partial charge in [-0.2, -0.15) is 12.7 Å². The van der Waals surface area contributed by atoms with E-state index in [1.165, 1.54) is 9.87 Å². The first kappa shape index (κ1) is 17.2. The third-order valence-corrected chi connectivity index (χ3v) is 5.55. The largest absolute Gasteiger partial charge is 0.497 e. The Morgan fingerprint density at radius 3 is 2.59 bits per heavy atom. The Kier molecular flexibility index (Phi) is 6.19. The van der Waals surface area contributed by atoms with Crippen molar-refractivity contribution in [1.82, 2.24) is 13.9 Å². The van der Waals surface area contributed by atoms with Crippen molar-refractivity contribution in [3.05, 3.63) is 29.8 Å². The second-order valence-electron chi connectivity index (χ2n) is 5.35. The average molecular weight is 327 g/mol. The number of hydrogen-bond donors (Lipinski definition) is 1. The van der Waals surface area contributed by atoms with E-state index in [1.807, 2.05) is 18.2 Å². The maximum atomic E-state index is 11.9. The quantitative estimate of drug-likeness (QED) is 0.801. The van der Waals surface area contributed by atoms with E-state index in [0.717, 1.165) is 31.8 Å². The molecule has 0 aromatic heterocycles. The summed E-state index contributed by atoms with van der Waals surface area (Å²) in [6.45, 7) is 5.80. The highest BCUT2D eigenvalue weighted by Crippen LogP contribution is 2.14. The van der Waals surface area contributed by atoms with Crippen LogP contribution in [0.1, 0.15) is 12.5 Å². The van der Waals surface area contributed by atoms with Crippen LogP contribution >= 0.6 is 0 Å². The maximum absolute atomic E-state index is 11.9. The lowest BCUT2D eigenvalue weighted by Crippen LogP contribution is -2.52. The maximum Gasteiger partial charge on any atom is 0.279 e. The molecule has 6 nitrogen and oxygen atoms in total. The number of nitrogens with zero attached hydrogens (tertiary/aromatic N) is 2. The normalized spacial score (nSPS) is 17.5. The SMILES string of the molecule is CCNS(=O)(=O)N1CCN(CCc2cccc(OC)c2)CC1. The fourth-order valence-corrected chi connectivity index (χ4v) is 3.77. The third kappa shape index (κ3) is 4.67. The zero-order chi connectivity index (χ0) is 16.0. The van der Waals surface area contributed by atoms with Crippen molar-refractivity contribution in [2.45, 2.75) is 13.3 Å². The molecule has 1 aliphatic rings. The molecule has 0 radical (unpaired) electrons. The number of methoxy groups -OCH3 is 1. The highest BCUT2D eigenvalue weighted by molar-refractivity contribution is 7.87. The molecule has 124 valence electrons. The van der Waals surface area contributed by atoms with E-state index in [2.05, 4.69) is 15.7 Å². The third-order valence-electron chi connectivity index (χ3n) is 3.85. The molecule has 1 aliphatic heterocycles. The molecule has 1 N–H and O–H groups in total. The highest BCUT2D eigenvalue weighted by atomic mass is 32.2. The van der Waals surface area contributed by atoms with E-state index in [9.17, 15) is 8.42 Å². The van der Waals surface area contributed by atoms with Gasteiger partial charge in [0.15, 0.2) is 0 Å². The van der Waals surface area contributed by atoms with Gasteiger partial charge >= 0.3 is 0 Å². The van der Waals surface area contributed by atoms with Crippen LogP contribution in [0.4, 0.5) is 0 Å². The van der Waals surface area contributed by atoms with Gasteiger partial charge in [0.25, 0.3) is 10.2 Å². The molecule has 0 aliphatic carbocycles.